The second-order valence-corrected chi connectivity index (χ2v) is 7.69. The molecule has 10 heteroatoms. The van der Waals surface area contributed by atoms with Crippen molar-refractivity contribution in [2.24, 2.45) is 0 Å². The molecule has 1 rings (SSSR count). The second kappa shape index (κ2) is 6.53. The number of benzene rings is 1. The summed E-state index contributed by atoms with van der Waals surface area (Å²) in [5.74, 6) is -0.734. The van der Waals surface area contributed by atoms with Gasteiger partial charge in [-0.2, -0.15) is 13.2 Å². The molecule has 21 heavy (non-hydrogen) atoms. The van der Waals surface area contributed by atoms with E-state index in [1.165, 1.54) is 19.2 Å². The van der Waals surface area contributed by atoms with Gasteiger partial charge in [0.2, 0.25) is 0 Å². The van der Waals surface area contributed by atoms with Gasteiger partial charge in [-0.3, -0.25) is 4.79 Å². The monoisotopic (exact) mass is 407 g/mol. The van der Waals surface area contributed by atoms with Crippen molar-refractivity contribution in [2.75, 3.05) is 13.6 Å². The fourth-order valence-corrected chi connectivity index (χ4v) is 2.89. The van der Waals surface area contributed by atoms with E-state index < -0.39 is 34.1 Å². The number of carbonyl (C=O) groups excluding carboxylic acids is 1. The Hall–Kier alpha value is -0.800. The van der Waals surface area contributed by atoms with Crippen molar-refractivity contribution in [3.63, 3.8) is 0 Å². The second-order valence-electron chi connectivity index (χ2n) is 4.21. The summed E-state index contributed by atoms with van der Waals surface area (Å²) in [6, 6.07) is 3.51. The van der Waals surface area contributed by atoms with Crippen LogP contribution in [-0.2, 0) is 9.05 Å². The molecule has 0 aliphatic carbocycles. The lowest BCUT2D eigenvalue weighted by molar-refractivity contribution is -0.136. The normalized spacial score (nSPS) is 12.3. The van der Waals surface area contributed by atoms with Crippen molar-refractivity contribution in [3.8, 4) is 0 Å². The van der Waals surface area contributed by atoms with E-state index in [2.05, 4.69) is 15.9 Å². The van der Waals surface area contributed by atoms with Gasteiger partial charge in [0.25, 0.3) is 15.0 Å². The van der Waals surface area contributed by atoms with E-state index in [0.717, 1.165) is 11.0 Å². The fourth-order valence-electron chi connectivity index (χ4n) is 1.44. The van der Waals surface area contributed by atoms with Crippen LogP contribution in [0.2, 0.25) is 0 Å². The van der Waals surface area contributed by atoms with Gasteiger partial charge in [0.05, 0.1) is 11.3 Å². The smallest absolute Gasteiger partial charge is 0.341 e. The summed E-state index contributed by atoms with van der Waals surface area (Å²) in [5, 5.41) is 0. The number of carbonyl (C=O) groups is 1. The Kier molecular flexibility index (Phi) is 5.68. The molecule has 0 atom stereocenters. The minimum atomic E-state index is -4.38. The lowest BCUT2D eigenvalue weighted by Crippen LogP contribution is -2.30. The molecule has 118 valence electrons. The SMILES string of the molecule is CN(CCC(F)(F)F)C(=O)c1cc(Br)cc(S(=O)(=O)Cl)c1. The van der Waals surface area contributed by atoms with Gasteiger partial charge in [-0.05, 0) is 18.2 Å². The first kappa shape index (κ1) is 18.2. The predicted molar refractivity (Wildman–Crippen MR) is 74.8 cm³/mol. The van der Waals surface area contributed by atoms with Crippen molar-refractivity contribution < 1.29 is 26.4 Å². The van der Waals surface area contributed by atoms with Crippen LogP contribution in [0, 0.1) is 0 Å². The zero-order valence-corrected chi connectivity index (χ0v) is 13.8. The van der Waals surface area contributed by atoms with Crippen LogP contribution in [0.1, 0.15) is 16.8 Å². The van der Waals surface area contributed by atoms with Gasteiger partial charge in [0, 0.05) is 34.3 Å². The third-order valence-electron chi connectivity index (χ3n) is 2.48. The van der Waals surface area contributed by atoms with E-state index in [1.807, 2.05) is 0 Å². The minimum Gasteiger partial charge on any atom is -0.341 e. The summed E-state index contributed by atoms with van der Waals surface area (Å²) in [5.41, 5.74) is -0.0757. The average molecular weight is 409 g/mol. The topological polar surface area (TPSA) is 54.5 Å². The maximum atomic E-state index is 12.1. The summed E-state index contributed by atoms with van der Waals surface area (Å²) in [6.07, 6.45) is -5.53. The van der Waals surface area contributed by atoms with Crippen molar-refractivity contribution in [1.29, 1.82) is 0 Å². The molecule has 0 saturated carbocycles. The summed E-state index contributed by atoms with van der Waals surface area (Å²) in [7, 11) is 2.33. The number of amides is 1. The van der Waals surface area contributed by atoms with Crippen LogP contribution in [-0.4, -0.2) is 39.0 Å². The van der Waals surface area contributed by atoms with Gasteiger partial charge in [-0.15, -0.1) is 0 Å². The summed E-state index contributed by atoms with van der Waals surface area (Å²) in [4.78, 5) is 12.5. The van der Waals surface area contributed by atoms with Crippen LogP contribution in [0.25, 0.3) is 0 Å². The molecule has 0 aliphatic heterocycles. The number of rotatable bonds is 4. The Morgan fingerprint density at radius 2 is 1.90 bits per heavy atom. The summed E-state index contributed by atoms with van der Waals surface area (Å²) >= 11 is 3.02. The molecule has 0 fully saturated rings. The Morgan fingerprint density at radius 1 is 1.33 bits per heavy atom. The highest BCUT2D eigenvalue weighted by Crippen LogP contribution is 2.24. The number of hydrogen-bond donors (Lipinski definition) is 0. The Labute approximate surface area is 132 Å². The van der Waals surface area contributed by atoms with Gasteiger partial charge in [-0.1, -0.05) is 15.9 Å². The third kappa shape index (κ3) is 5.84. The van der Waals surface area contributed by atoms with Crippen LogP contribution in [0.5, 0.6) is 0 Å². The van der Waals surface area contributed by atoms with Crippen molar-refractivity contribution in [2.45, 2.75) is 17.5 Å². The lowest BCUT2D eigenvalue weighted by Gasteiger charge is -2.18. The minimum absolute atomic E-state index is 0.0757. The van der Waals surface area contributed by atoms with Crippen LogP contribution < -0.4 is 0 Å². The van der Waals surface area contributed by atoms with Gasteiger partial charge in [-0.25, -0.2) is 8.42 Å². The number of alkyl halides is 3. The Balaban J connectivity index is 3.00. The molecule has 1 amide bonds. The maximum absolute atomic E-state index is 12.1. The molecular weight excluding hydrogens is 399 g/mol. The highest BCUT2D eigenvalue weighted by molar-refractivity contribution is 9.10. The largest absolute Gasteiger partial charge is 0.390 e. The molecule has 0 radical (unpaired) electrons. The predicted octanol–water partition coefficient (Wildman–Crippen LogP) is 3.40. The van der Waals surface area contributed by atoms with E-state index in [1.54, 1.807) is 0 Å². The fraction of sp³-hybridized carbons (Fsp3) is 0.364. The molecular formula is C11H10BrClF3NO3S. The first-order chi connectivity index (χ1) is 9.40. The molecule has 4 nitrogen and oxygen atoms in total. The lowest BCUT2D eigenvalue weighted by atomic mass is 10.2. The highest BCUT2D eigenvalue weighted by Gasteiger charge is 2.28. The molecule has 0 unspecified atom stereocenters. The van der Waals surface area contributed by atoms with E-state index in [0.29, 0.717) is 0 Å². The molecule has 0 bridgehead atoms. The zero-order valence-electron chi connectivity index (χ0n) is 10.6. The molecule has 0 aromatic heterocycles. The summed E-state index contributed by atoms with van der Waals surface area (Å²) < 4.78 is 59.2. The molecule has 0 N–H and O–H groups in total. The van der Waals surface area contributed by atoms with Crippen LogP contribution in [0.3, 0.4) is 0 Å². The highest BCUT2D eigenvalue weighted by atomic mass is 79.9. The van der Waals surface area contributed by atoms with Gasteiger partial charge >= 0.3 is 6.18 Å². The van der Waals surface area contributed by atoms with Gasteiger partial charge < -0.3 is 4.90 Å². The molecule has 0 aliphatic rings. The molecule has 1 aromatic carbocycles. The van der Waals surface area contributed by atoms with Crippen molar-refractivity contribution in [3.05, 3.63) is 28.2 Å². The quantitative estimate of drug-likeness (QED) is 0.718. The number of halogens is 5. The molecule has 0 saturated heterocycles. The van der Waals surface area contributed by atoms with E-state index in [4.69, 9.17) is 10.7 Å². The summed E-state index contributed by atoms with van der Waals surface area (Å²) in [6.45, 7) is -0.530. The van der Waals surface area contributed by atoms with Gasteiger partial charge in [0.15, 0.2) is 0 Å². The number of hydrogen-bond acceptors (Lipinski definition) is 3. The Bertz CT molecular complexity index is 649. The first-order valence-corrected chi connectivity index (χ1v) is 8.58. The molecule has 0 spiro atoms. The molecule has 0 heterocycles. The Morgan fingerprint density at radius 3 is 2.38 bits per heavy atom. The van der Waals surface area contributed by atoms with E-state index >= 15 is 0 Å². The van der Waals surface area contributed by atoms with Crippen LogP contribution in [0.4, 0.5) is 13.2 Å². The van der Waals surface area contributed by atoms with Crippen molar-refractivity contribution in [1.82, 2.24) is 4.90 Å². The third-order valence-corrected chi connectivity index (χ3v) is 4.27. The first-order valence-electron chi connectivity index (χ1n) is 5.47. The van der Waals surface area contributed by atoms with Crippen molar-refractivity contribution >= 4 is 41.6 Å². The van der Waals surface area contributed by atoms with Gasteiger partial charge in [0.1, 0.15) is 0 Å². The molecule has 1 aromatic rings. The van der Waals surface area contributed by atoms with Crippen LogP contribution >= 0.6 is 26.6 Å². The number of nitrogens with zero attached hydrogens (tertiary/aromatic N) is 1. The zero-order chi connectivity index (χ0) is 16.4. The standard InChI is InChI=1S/C11H10BrClF3NO3S/c1-17(3-2-11(14,15)16)10(18)7-4-8(12)6-9(5-7)21(13,19)20/h4-6H,2-3H2,1H3. The van der Waals surface area contributed by atoms with E-state index in [9.17, 15) is 26.4 Å². The average Bonchev–Trinajstić information content (AvgIpc) is 2.32. The van der Waals surface area contributed by atoms with E-state index in [-0.39, 0.29) is 14.9 Å². The van der Waals surface area contributed by atoms with Crippen LogP contribution in [0.15, 0.2) is 27.6 Å². The maximum Gasteiger partial charge on any atom is 0.390 e.